The van der Waals surface area contributed by atoms with Crippen LogP contribution in [-0.2, 0) is 9.53 Å². The Labute approximate surface area is 90.6 Å². The van der Waals surface area contributed by atoms with Gasteiger partial charge in [-0.15, -0.1) is 0 Å². The maximum Gasteiger partial charge on any atom is 0.249 e. The van der Waals surface area contributed by atoms with Crippen molar-refractivity contribution in [2.45, 2.75) is 6.04 Å². The molecule has 6 heteroatoms. The summed E-state index contributed by atoms with van der Waals surface area (Å²) >= 11 is 0. The van der Waals surface area contributed by atoms with Crippen LogP contribution in [0, 0.1) is 11.6 Å². The van der Waals surface area contributed by atoms with Gasteiger partial charge in [-0.3, -0.25) is 4.79 Å². The molecular formula is C10H10F2N2O2. The van der Waals surface area contributed by atoms with Crippen molar-refractivity contribution in [2.24, 2.45) is 0 Å². The molecule has 0 saturated heterocycles. The molecule has 0 radical (unpaired) electrons. The summed E-state index contributed by atoms with van der Waals surface area (Å²) in [5.74, 6) is -1.90. The van der Waals surface area contributed by atoms with E-state index in [0.29, 0.717) is 0 Å². The van der Waals surface area contributed by atoms with E-state index in [1.807, 2.05) is 0 Å². The molecule has 1 amide bonds. The summed E-state index contributed by atoms with van der Waals surface area (Å²) in [5.41, 5.74) is 0.193. The van der Waals surface area contributed by atoms with Crippen LogP contribution in [0.1, 0.15) is 0 Å². The van der Waals surface area contributed by atoms with Gasteiger partial charge < -0.3 is 15.4 Å². The zero-order valence-corrected chi connectivity index (χ0v) is 8.51. The smallest absolute Gasteiger partial charge is 0.249 e. The first-order chi connectivity index (χ1) is 7.61. The molecule has 86 valence electrons. The van der Waals surface area contributed by atoms with E-state index in [9.17, 15) is 13.6 Å². The monoisotopic (exact) mass is 228 g/mol. The number of rotatable bonds is 2. The van der Waals surface area contributed by atoms with Crippen molar-refractivity contribution in [3.05, 3.63) is 23.8 Å². The summed E-state index contributed by atoms with van der Waals surface area (Å²) in [6.45, 7) is 0.128. The van der Waals surface area contributed by atoms with Gasteiger partial charge in [0.15, 0.2) is 5.82 Å². The van der Waals surface area contributed by atoms with Crippen molar-refractivity contribution in [2.75, 3.05) is 24.4 Å². The molecule has 16 heavy (non-hydrogen) atoms. The van der Waals surface area contributed by atoms with Crippen LogP contribution >= 0.6 is 0 Å². The van der Waals surface area contributed by atoms with Crippen LogP contribution in [0.15, 0.2) is 12.1 Å². The van der Waals surface area contributed by atoms with E-state index in [-0.39, 0.29) is 18.0 Å². The highest BCUT2D eigenvalue weighted by Crippen LogP contribution is 2.30. The van der Waals surface area contributed by atoms with E-state index < -0.39 is 23.6 Å². The molecule has 1 atom stereocenters. The van der Waals surface area contributed by atoms with E-state index in [2.05, 4.69) is 10.6 Å². The van der Waals surface area contributed by atoms with Gasteiger partial charge in [0.1, 0.15) is 17.5 Å². The van der Waals surface area contributed by atoms with Gasteiger partial charge in [0.05, 0.1) is 12.3 Å². The number of carbonyl (C=O) groups is 1. The van der Waals surface area contributed by atoms with Crippen LogP contribution in [0.4, 0.5) is 20.2 Å². The number of hydrogen-bond acceptors (Lipinski definition) is 3. The fourth-order valence-electron chi connectivity index (χ4n) is 1.56. The molecule has 0 spiro atoms. The molecule has 0 aliphatic carbocycles. The number of benzene rings is 1. The van der Waals surface area contributed by atoms with Gasteiger partial charge in [0.2, 0.25) is 5.91 Å². The average molecular weight is 228 g/mol. The van der Waals surface area contributed by atoms with Gasteiger partial charge in [-0.25, -0.2) is 8.78 Å². The summed E-state index contributed by atoms with van der Waals surface area (Å²) in [4.78, 5) is 11.5. The molecule has 0 bridgehead atoms. The van der Waals surface area contributed by atoms with E-state index in [4.69, 9.17) is 4.74 Å². The van der Waals surface area contributed by atoms with Crippen LogP contribution < -0.4 is 10.6 Å². The number of hydrogen-bond donors (Lipinski definition) is 2. The van der Waals surface area contributed by atoms with Crippen LogP contribution in [-0.4, -0.2) is 25.7 Å². The summed E-state index contributed by atoms with van der Waals surface area (Å²) in [5, 5.41) is 5.08. The Morgan fingerprint density at radius 3 is 2.88 bits per heavy atom. The van der Waals surface area contributed by atoms with Crippen molar-refractivity contribution in [1.29, 1.82) is 0 Å². The first-order valence-corrected chi connectivity index (χ1v) is 4.67. The van der Waals surface area contributed by atoms with Crippen LogP contribution in [0.2, 0.25) is 0 Å². The largest absolute Gasteiger partial charge is 0.382 e. The summed E-state index contributed by atoms with van der Waals surface area (Å²) in [6, 6.07) is 1.21. The van der Waals surface area contributed by atoms with Gasteiger partial charge in [-0.05, 0) is 6.07 Å². The minimum atomic E-state index is -0.799. The minimum absolute atomic E-state index is 0.0289. The third kappa shape index (κ3) is 1.83. The lowest BCUT2D eigenvalue weighted by Gasteiger charge is -2.26. The molecule has 0 aromatic heterocycles. The van der Waals surface area contributed by atoms with E-state index in [1.54, 1.807) is 0 Å². The van der Waals surface area contributed by atoms with E-state index in [0.717, 1.165) is 12.1 Å². The first-order valence-electron chi connectivity index (χ1n) is 4.67. The molecular weight excluding hydrogens is 218 g/mol. The van der Waals surface area contributed by atoms with Crippen molar-refractivity contribution in [1.82, 2.24) is 0 Å². The van der Waals surface area contributed by atoms with E-state index >= 15 is 0 Å². The number of nitrogens with one attached hydrogen (secondary N) is 2. The minimum Gasteiger partial charge on any atom is -0.382 e. The lowest BCUT2D eigenvalue weighted by molar-refractivity contribution is -0.118. The second-order valence-electron chi connectivity index (χ2n) is 3.45. The number of carbonyl (C=O) groups excluding carboxylic acids is 1. The zero-order valence-electron chi connectivity index (χ0n) is 8.51. The second-order valence-corrected chi connectivity index (χ2v) is 3.45. The van der Waals surface area contributed by atoms with Crippen molar-refractivity contribution in [3.8, 4) is 0 Å². The standard InChI is InChI=1S/C10H10F2N2O2/c1-16-4-8-10(15)14-9-6(12)2-5(11)3-7(9)13-8/h2-3,8,13H,4H2,1H3,(H,14,15). The Morgan fingerprint density at radius 1 is 1.44 bits per heavy atom. The Balaban J connectivity index is 2.35. The molecule has 0 saturated carbocycles. The van der Waals surface area contributed by atoms with E-state index in [1.165, 1.54) is 7.11 Å². The van der Waals surface area contributed by atoms with Gasteiger partial charge in [-0.1, -0.05) is 0 Å². The Kier molecular flexibility index (Phi) is 2.74. The third-order valence-corrected chi connectivity index (χ3v) is 2.28. The highest BCUT2D eigenvalue weighted by Gasteiger charge is 2.27. The van der Waals surface area contributed by atoms with Crippen molar-refractivity contribution in [3.63, 3.8) is 0 Å². The molecule has 1 aliphatic heterocycles. The molecule has 2 N–H and O–H groups in total. The van der Waals surface area contributed by atoms with Crippen LogP contribution in [0.25, 0.3) is 0 Å². The molecule has 1 aromatic rings. The molecule has 1 aromatic carbocycles. The molecule has 0 fully saturated rings. The molecule has 1 aliphatic rings. The topological polar surface area (TPSA) is 50.4 Å². The fourth-order valence-corrected chi connectivity index (χ4v) is 1.56. The van der Waals surface area contributed by atoms with Gasteiger partial charge in [-0.2, -0.15) is 0 Å². The zero-order chi connectivity index (χ0) is 11.7. The molecule has 1 unspecified atom stereocenters. The summed E-state index contributed by atoms with van der Waals surface area (Å²) < 4.78 is 31.1. The van der Waals surface area contributed by atoms with Gasteiger partial charge in [0, 0.05) is 13.2 Å². The number of anilines is 2. The first kappa shape index (κ1) is 10.8. The highest BCUT2D eigenvalue weighted by molar-refractivity contribution is 6.03. The van der Waals surface area contributed by atoms with Gasteiger partial charge in [0.25, 0.3) is 0 Å². The maximum atomic E-state index is 13.3. The second kappa shape index (κ2) is 4.05. The lowest BCUT2D eigenvalue weighted by atomic mass is 10.1. The van der Waals surface area contributed by atoms with Crippen LogP contribution in [0.3, 0.4) is 0 Å². The Morgan fingerprint density at radius 2 is 2.19 bits per heavy atom. The van der Waals surface area contributed by atoms with Crippen molar-refractivity contribution >= 4 is 17.3 Å². The number of methoxy groups -OCH3 is 1. The molecule has 4 nitrogen and oxygen atoms in total. The Hall–Kier alpha value is -1.69. The normalized spacial score (nSPS) is 18.7. The number of fused-ring (bicyclic) bond motifs is 1. The third-order valence-electron chi connectivity index (χ3n) is 2.28. The quantitative estimate of drug-likeness (QED) is 0.803. The summed E-state index contributed by atoms with van der Waals surface area (Å²) in [6.07, 6.45) is 0. The Bertz CT molecular complexity index is 437. The number of amides is 1. The van der Waals surface area contributed by atoms with Gasteiger partial charge >= 0.3 is 0 Å². The average Bonchev–Trinajstić information content (AvgIpc) is 2.21. The fraction of sp³-hybridized carbons (Fsp3) is 0.300. The summed E-state index contributed by atoms with van der Waals surface area (Å²) in [7, 11) is 1.44. The van der Waals surface area contributed by atoms with Crippen molar-refractivity contribution < 1.29 is 18.3 Å². The van der Waals surface area contributed by atoms with Crippen LogP contribution in [0.5, 0.6) is 0 Å². The SMILES string of the molecule is COCC1Nc2cc(F)cc(F)c2NC1=O. The highest BCUT2D eigenvalue weighted by atomic mass is 19.1. The number of ether oxygens (including phenoxy) is 1. The lowest BCUT2D eigenvalue weighted by Crippen LogP contribution is -2.42. The molecule has 1 heterocycles. The predicted octanol–water partition coefficient (Wildman–Crippen LogP) is 1.34. The number of halogens is 2. The predicted molar refractivity (Wildman–Crippen MR) is 54.3 cm³/mol. The molecule has 2 rings (SSSR count). The maximum absolute atomic E-state index is 13.3.